The smallest absolute Gasteiger partial charge is 0.414 e. The molecule has 3 heterocycles. The van der Waals surface area contributed by atoms with E-state index in [2.05, 4.69) is 15.1 Å². The summed E-state index contributed by atoms with van der Waals surface area (Å²) in [6, 6.07) is 8.33. The lowest BCUT2D eigenvalue weighted by Gasteiger charge is -2.34. The van der Waals surface area contributed by atoms with Crippen LogP contribution in [0.15, 0.2) is 47.3 Å². The van der Waals surface area contributed by atoms with Crippen LogP contribution < -0.4 is 10.2 Å². The van der Waals surface area contributed by atoms with Gasteiger partial charge >= 0.3 is 12.1 Å². The number of anilines is 1. The van der Waals surface area contributed by atoms with E-state index in [1.54, 1.807) is 29.2 Å². The summed E-state index contributed by atoms with van der Waals surface area (Å²) >= 11 is 0. The predicted octanol–water partition coefficient (Wildman–Crippen LogP) is 1.93. The largest absolute Gasteiger partial charge is 0.472 e. The highest BCUT2D eigenvalue weighted by Crippen LogP contribution is 2.23. The fourth-order valence-electron chi connectivity index (χ4n) is 4.19. The molecular weight excluding hydrogens is 466 g/mol. The zero-order valence-electron chi connectivity index (χ0n) is 20.4. The normalized spacial score (nSPS) is 18.8. The number of carbonyl (C=O) groups is 3. The first-order valence-electron chi connectivity index (χ1n) is 11.9. The minimum atomic E-state index is -0.430. The number of benzene rings is 1. The van der Waals surface area contributed by atoms with Crippen LogP contribution in [0.3, 0.4) is 0 Å². The summed E-state index contributed by atoms with van der Waals surface area (Å²) in [7, 11) is 0. The molecule has 192 valence electrons. The van der Waals surface area contributed by atoms with E-state index in [1.807, 2.05) is 13.8 Å². The van der Waals surface area contributed by atoms with Crippen LogP contribution >= 0.6 is 0 Å². The summed E-state index contributed by atoms with van der Waals surface area (Å²) in [6.07, 6.45) is 1.91. The van der Waals surface area contributed by atoms with Gasteiger partial charge in [0.15, 0.2) is 0 Å². The summed E-state index contributed by atoms with van der Waals surface area (Å²) in [5, 5.41) is 10.7. The fraction of sp³-hybridized carbons (Fsp3) is 0.440. The Balaban J connectivity index is 1.24. The average molecular weight is 498 g/mol. The molecule has 11 nitrogen and oxygen atoms in total. The number of hydrogen-bond acceptors (Lipinski definition) is 9. The Kier molecular flexibility index (Phi) is 8.01. The third-order valence-electron chi connectivity index (χ3n) is 6.01. The second-order valence-corrected chi connectivity index (χ2v) is 9.12. The molecule has 0 aliphatic carbocycles. The van der Waals surface area contributed by atoms with Crippen LogP contribution in [-0.2, 0) is 14.3 Å². The van der Waals surface area contributed by atoms with Crippen molar-refractivity contribution in [3.63, 3.8) is 0 Å². The van der Waals surface area contributed by atoms with Crippen molar-refractivity contribution < 1.29 is 28.3 Å². The van der Waals surface area contributed by atoms with E-state index in [0.717, 1.165) is 26.2 Å². The molecule has 4 rings (SSSR count). The molecule has 2 saturated heterocycles. The van der Waals surface area contributed by atoms with Crippen molar-refractivity contribution in [2.45, 2.75) is 26.1 Å². The summed E-state index contributed by atoms with van der Waals surface area (Å²) in [6.45, 7) is 8.08. The molecule has 2 aliphatic rings. The Morgan fingerprint density at radius 2 is 1.78 bits per heavy atom. The highest BCUT2D eigenvalue weighted by Gasteiger charge is 2.34. The van der Waals surface area contributed by atoms with Gasteiger partial charge in [-0.15, -0.1) is 0 Å². The Morgan fingerprint density at radius 3 is 2.42 bits per heavy atom. The van der Waals surface area contributed by atoms with Crippen molar-refractivity contribution >= 4 is 29.5 Å². The molecule has 2 N–H and O–H groups in total. The number of nitrogens with one attached hydrogen (secondary N) is 2. The first-order chi connectivity index (χ1) is 17.3. The molecule has 0 spiro atoms. The third kappa shape index (κ3) is 6.49. The monoisotopic (exact) mass is 497 g/mol. The minimum absolute atomic E-state index is 0.0498. The lowest BCUT2D eigenvalue weighted by atomic mass is 10.1. The molecular formula is C25H31N5O6. The summed E-state index contributed by atoms with van der Waals surface area (Å²) in [5.74, 6) is -0.688. The zero-order chi connectivity index (χ0) is 25.7. The van der Waals surface area contributed by atoms with E-state index in [-0.39, 0.29) is 24.0 Å². The number of hydrogen-bond donors (Lipinski definition) is 2. The molecule has 0 radical (unpaired) electrons. The highest BCUT2D eigenvalue weighted by atomic mass is 16.6. The predicted molar refractivity (Wildman–Crippen MR) is 131 cm³/mol. The number of amides is 2. The van der Waals surface area contributed by atoms with Gasteiger partial charge < -0.3 is 19.2 Å². The average Bonchev–Trinajstić information content (AvgIpc) is 3.50. The molecule has 2 fully saturated rings. The van der Waals surface area contributed by atoms with Gasteiger partial charge in [0.05, 0.1) is 31.0 Å². The lowest BCUT2D eigenvalue weighted by molar-refractivity contribution is -0.149. The van der Waals surface area contributed by atoms with Crippen molar-refractivity contribution in [1.82, 2.24) is 15.1 Å². The van der Waals surface area contributed by atoms with Crippen LogP contribution in [-0.4, -0.2) is 91.6 Å². The van der Waals surface area contributed by atoms with E-state index < -0.39 is 12.0 Å². The molecule has 2 aliphatic heterocycles. The lowest BCUT2D eigenvalue weighted by Crippen LogP contribution is -2.50. The van der Waals surface area contributed by atoms with Gasteiger partial charge in [-0.05, 0) is 44.2 Å². The molecule has 1 aromatic heterocycles. The van der Waals surface area contributed by atoms with Crippen molar-refractivity contribution in [3.05, 3.63) is 54.0 Å². The molecule has 11 heteroatoms. The van der Waals surface area contributed by atoms with E-state index in [1.165, 1.54) is 18.6 Å². The number of cyclic esters (lactones) is 1. The van der Waals surface area contributed by atoms with Gasteiger partial charge in [-0.3, -0.25) is 29.7 Å². The second-order valence-electron chi connectivity index (χ2n) is 9.12. The molecule has 2 amide bonds. The zero-order valence-corrected chi connectivity index (χ0v) is 20.4. The number of piperazine rings is 1. The Hall–Kier alpha value is -3.70. The second kappa shape index (κ2) is 11.4. The van der Waals surface area contributed by atoms with Gasteiger partial charge in [0.25, 0.3) is 5.91 Å². The van der Waals surface area contributed by atoms with E-state index in [4.69, 9.17) is 19.3 Å². The molecule has 2 aromatic rings. The maximum Gasteiger partial charge on any atom is 0.414 e. The maximum atomic E-state index is 12.5. The summed E-state index contributed by atoms with van der Waals surface area (Å²) < 4.78 is 15.7. The molecule has 36 heavy (non-hydrogen) atoms. The van der Waals surface area contributed by atoms with Gasteiger partial charge in [-0.2, -0.15) is 0 Å². The third-order valence-corrected chi connectivity index (χ3v) is 6.01. The standard InChI is InChI=1S/C25H31N5O6/c1-17(2)35-22(31)15-29-10-8-28(9-11-29)13-21-14-30(25(33)36-21)20-5-3-18(4-6-20)23(26)27-24(32)19-7-12-34-16-19/h3-7,12,16-17,21H,8-11,13-15H2,1-2H3,(H2,26,27,32). The van der Waals surface area contributed by atoms with Crippen LogP contribution in [0, 0.1) is 5.41 Å². The van der Waals surface area contributed by atoms with E-state index in [0.29, 0.717) is 36.4 Å². The van der Waals surface area contributed by atoms with E-state index in [9.17, 15) is 14.4 Å². The maximum absolute atomic E-state index is 12.5. The molecule has 0 bridgehead atoms. The summed E-state index contributed by atoms with van der Waals surface area (Å²) in [5.41, 5.74) is 1.50. The van der Waals surface area contributed by atoms with Crippen molar-refractivity contribution in [2.75, 3.05) is 50.7 Å². The van der Waals surface area contributed by atoms with Gasteiger partial charge in [0.2, 0.25) is 0 Å². The van der Waals surface area contributed by atoms with Gasteiger partial charge in [0.1, 0.15) is 18.2 Å². The molecule has 1 aromatic carbocycles. The Morgan fingerprint density at radius 1 is 1.08 bits per heavy atom. The first kappa shape index (κ1) is 25.4. The van der Waals surface area contributed by atoms with Crippen LogP contribution in [0.25, 0.3) is 0 Å². The first-order valence-corrected chi connectivity index (χ1v) is 11.9. The van der Waals surface area contributed by atoms with Gasteiger partial charge in [-0.1, -0.05) is 0 Å². The number of furan rings is 1. The Labute approximate surface area is 209 Å². The number of esters is 1. The molecule has 0 saturated carbocycles. The van der Waals surface area contributed by atoms with Crippen LogP contribution in [0.1, 0.15) is 29.8 Å². The topological polar surface area (TPSA) is 128 Å². The highest BCUT2D eigenvalue weighted by molar-refractivity contribution is 6.11. The minimum Gasteiger partial charge on any atom is -0.472 e. The number of nitrogens with zero attached hydrogens (tertiary/aromatic N) is 3. The number of amidine groups is 1. The Bertz CT molecular complexity index is 1080. The number of ether oxygens (including phenoxy) is 2. The number of rotatable bonds is 8. The number of carbonyl (C=O) groups excluding carboxylic acids is 3. The van der Waals surface area contributed by atoms with Crippen LogP contribution in [0.5, 0.6) is 0 Å². The summed E-state index contributed by atoms with van der Waals surface area (Å²) in [4.78, 5) is 42.4. The quantitative estimate of drug-likeness (QED) is 0.322. The van der Waals surface area contributed by atoms with Crippen molar-refractivity contribution in [2.24, 2.45) is 0 Å². The van der Waals surface area contributed by atoms with Crippen molar-refractivity contribution in [3.8, 4) is 0 Å². The SMILES string of the molecule is CC(C)OC(=O)CN1CCN(CC2CN(c3ccc(C(=N)NC(=O)c4ccoc4)cc3)C(=O)O2)CC1. The van der Waals surface area contributed by atoms with Gasteiger partial charge in [0, 0.05) is 44.0 Å². The van der Waals surface area contributed by atoms with Crippen molar-refractivity contribution in [1.29, 1.82) is 5.41 Å². The molecule has 1 atom stereocenters. The van der Waals surface area contributed by atoms with Crippen LogP contribution in [0.2, 0.25) is 0 Å². The van der Waals surface area contributed by atoms with Gasteiger partial charge in [-0.25, -0.2) is 4.79 Å². The van der Waals surface area contributed by atoms with Crippen LogP contribution in [0.4, 0.5) is 10.5 Å². The van der Waals surface area contributed by atoms with E-state index >= 15 is 0 Å². The fourth-order valence-corrected chi connectivity index (χ4v) is 4.19. The molecule has 1 unspecified atom stereocenters.